The summed E-state index contributed by atoms with van der Waals surface area (Å²) in [6.45, 7) is 3.61. The van der Waals surface area contributed by atoms with Crippen molar-refractivity contribution in [3.8, 4) is 0 Å². The molecule has 0 radical (unpaired) electrons. The van der Waals surface area contributed by atoms with E-state index in [9.17, 15) is 9.18 Å². The van der Waals surface area contributed by atoms with Gasteiger partial charge in [0.15, 0.2) is 5.11 Å². The van der Waals surface area contributed by atoms with Gasteiger partial charge in [0.25, 0.3) is 0 Å². The zero-order valence-corrected chi connectivity index (χ0v) is 13.2. The summed E-state index contributed by atoms with van der Waals surface area (Å²) in [5, 5.41) is 3.90. The predicted molar refractivity (Wildman–Crippen MR) is 86.7 cm³/mol. The van der Waals surface area contributed by atoms with Gasteiger partial charge >= 0.3 is 0 Å². The smallest absolute Gasteiger partial charge is 0.225 e. The third-order valence-corrected chi connectivity index (χ3v) is 4.56. The molecule has 1 aromatic rings. The number of nitrogens with zero attached hydrogens (tertiary/aromatic N) is 2. The highest BCUT2D eigenvalue weighted by Gasteiger charge is 2.34. The Morgan fingerprint density at radius 1 is 1.14 bits per heavy atom. The normalized spacial score (nSPS) is 18.2. The van der Waals surface area contributed by atoms with Crippen LogP contribution in [-0.4, -0.2) is 47.0 Å². The van der Waals surface area contributed by atoms with Crippen molar-refractivity contribution in [2.45, 2.75) is 19.4 Å². The van der Waals surface area contributed by atoms with E-state index >= 15 is 0 Å². The summed E-state index contributed by atoms with van der Waals surface area (Å²) in [5.74, 6) is 0.364. The SMILES string of the molecule is O=C(C1CC1)N1CCN(C(=S)NCc2ccc(F)cc2)CC1. The molecule has 1 aromatic carbocycles. The number of hydrogen-bond acceptors (Lipinski definition) is 2. The number of piperazine rings is 1. The molecule has 6 heteroatoms. The molecule has 118 valence electrons. The van der Waals surface area contributed by atoms with E-state index in [-0.39, 0.29) is 11.7 Å². The highest BCUT2D eigenvalue weighted by Crippen LogP contribution is 2.31. The number of benzene rings is 1. The molecule has 3 rings (SSSR count). The predicted octanol–water partition coefficient (Wildman–Crippen LogP) is 1.75. The Morgan fingerprint density at radius 2 is 1.73 bits per heavy atom. The van der Waals surface area contributed by atoms with E-state index in [0.29, 0.717) is 17.6 Å². The summed E-state index contributed by atoms with van der Waals surface area (Å²) in [7, 11) is 0. The number of amides is 1. The first-order chi connectivity index (χ1) is 10.6. The van der Waals surface area contributed by atoms with Gasteiger partial charge in [-0.3, -0.25) is 4.79 Å². The minimum absolute atomic E-state index is 0.234. The van der Waals surface area contributed by atoms with Gasteiger partial charge in [0.1, 0.15) is 5.82 Å². The van der Waals surface area contributed by atoms with Crippen molar-refractivity contribution < 1.29 is 9.18 Å². The molecule has 0 bridgehead atoms. The van der Waals surface area contributed by atoms with Crippen LogP contribution in [0.1, 0.15) is 18.4 Å². The fraction of sp³-hybridized carbons (Fsp3) is 0.500. The van der Waals surface area contributed by atoms with E-state index in [0.717, 1.165) is 44.6 Å². The van der Waals surface area contributed by atoms with Crippen molar-refractivity contribution in [1.82, 2.24) is 15.1 Å². The molecule has 1 aliphatic heterocycles. The number of halogens is 1. The number of carbonyl (C=O) groups excluding carboxylic acids is 1. The lowest BCUT2D eigenvalue weighted by Crippen LogP contribution is -2.53. The molecule has 4 nitrogen and oxygen atoms in total. The van der Waals surface area contributed by atoms with Crippen LogP contribution in [0.4, 0.5) is 4.39 Å². The second-order valence-corrected chi connectivity index (χ2v) is 6.26. The van der Waals surface area contributed by atoms with Crippen LogP contribution in [0.15, 0.2) is 24.3 Å². The number of hydrogen-bond donors (Lipinski definition) is 1. The summed E-state index contributed by atoms with van der Waals surface area (Å²) in [4.78, 5) is 16.1. The second-order valence-electron chi connectivity index (χ2n) is 5.87. The lowest BCUT2D eigenvalue weighted by atomic mass is 10.2. The minimum Gasteiger partial charge on any atom is -0.358 e. The Kier molecular flexibility index (Phi) is 4.57. The monoisotopic (exact) mass is 321 g/mol. The van der Waals surface area contributed by atoms with Gasteiger partial charge in [-0.15, -0.1) is 0 Å². The number of thiocarbonyl (C=S) groups is 1. The van der Waals surface area contributed by atoms with Crippen LogP contribution in [0.2, 0.25) is 0 Å². The zero-order chi connectivity index (χ0) is 15.5. The van der Waals surface area contributed by atoms with E-state index < -0.39 is 0 Å². The Labute approximate surface area is 135 Å². The van der Waals surface area contributed by atoms with Gasteiger partial charge in [0.2, 0.25) is 5.91 Å². The van der Waals surface area contributed by atoms with Crippen molar-refractivity contribution in [3.63, 3.8) is 0 Å². The van der Waals surface area contributed by atoms with Crippen molar-refractivity contribution >= 4 is 23.2 Å². The summed E-state index contributed by atoms with van der Waals surface area (Å²) >= 11 is 5.40. The third kappa shape index (κ3) is 3.74. The van der Waals surface area contributed by atoms with E-state index in [1.54, 1.807) is 12.1 Å². The minimum atomic E-state index is -0.234. The Morgan fingerprint density at radius 3 is 2.32 bits per heavy atom. The Hall–Kier alpha value is -1.69. The molecule has 1 heterocycles. The number of carbonyl (C=O) groups is 1. The maximum absolute atomic E-state index is 12.9. The molecule has 1 aliphatic carbocycles. The first-order valence-corrected chi connectivity index (χ1v) is 8.10. The topological polar surface area (TPSA) is 35.6 Å². The zero-order valence-electron chi connectivity index (χ0n) is 12.4. The average Bonchev–Trinajstić information content (AvgIpc) is 3.38. The Balaban J connectivity index is 1.43. The van der Waals surface area contributed by atoms with E-state index in [1.165, 1.54) is 12.1 Å². The van der Waals surface area contributed by atoms with Gasteiger partial charge < -0.3 is 15.1 Å². The van der Waals surface area contributed by atoms with Gasteiger partial charge in [0.05, 0.1) is 0 Å². The summed E-state index contributed by atoms with van der Waals surface area (Å²) in [6.07, 6.45) is 2.10. The highest BCUT2D eigenvalue weighted by atomic mass is 32.1. The van der Waals surface area contributed by atoms with Gasteiger partial charge in [-0.1, -0.05) is 12.1 Å². The fourth-order valence-electron chi connectivity index (χ4n) is 2.61. The van der Waals surface area contributed by atoms with Crippen LogP contribution < -0.4 is 5.32 Å². The maximum atomic E-state index is 12.9. The molecule has 0 aromatic heterocycles. The molecule has 0 atom stereocenters. The molecular formula is C16H20FN3OS. The Bertz CT molecular complexity index is 551. The van der Waals surface area contributed by atoms with Crippen LogP contribution in [0.25, 0.3) is 0 Å². The van der Waals surface area contributed by atoms with Crippen molar-refractivity contribution in [1.29, 1.82) is 0 Å². The average molecular weight is 321 g/mol. The second kappa shape index (κ2) is 6.60. The van der Waals surface area contributed by atoms with Crippen LogP contribution in [0, 0.1) is 11.7 Å². The number of rotatable bonds is 3. The molecule has 0 spiro atoms. The third-order valence-electron chi connectivity index (χ3n) is 4.16. The standard InChI is InChI=1S/C16H20FN3OS/c17-14-5-1-12(2-6-14)11-18-16(22)20-9-7-19(8-10-20)15(21)13-3-4-13/h1-2,5-6,13H,3-4,7-11H2,(H,18,22). The summed E-state index contributed by atoms with van der Waals surface area (Å²) in [6, 6.07) is 6.39. The van der Waals surface area contributed by atoms with E-state index in [1.807, 2.05) is 4.90 Å². The van der Waals surface area contributed by atoms with Crippen molar-refractivity contribution in [2.75, 3.05) is 26.2 Å². The maximum Gasteiger partial charge on any atom is 0.225 e. The van der Waals surface area contributed by atoms with Gasteiger partial charge in [-0.25, -0.2) is 4.39 Å². The number of nitrogens with one attached hydrogen (secondary N) is 1. The largest absolute Gasteiger partial charge is 0.358 e. The molecule has 1 N–H and O–H groups in total. The summed E-state index contributed by atoms with van der Waals surface area (Å²) < 4.78 is 12.9. The van der Waals surface area contributed by atoms with Crippen molar-refractivity contribution in [2.24, 2.45) is 5.92 Å². The fourth-order valence-corrected chi connectivity index (χ4v) is 2.86. The van der Waals surface area contributed by atoms with E-state index in [2.05, 4.69) is 10.2 Å². The van der Waals surface area contributed by atoms with Crippen LogP contribution in [-0.2, 0) is 11.3 Å². The quantitative estimate of drug-likeness (QED) is 0.861. The van der Waals surface area contributed by atoms with Crippen molar-refractivity contribution in [3.05, 3.63) is 35.6 Å². The van der Waals surface area contributed by atoms with Gasteiger partial charge in [-0.05, 0) is 42.8 Å². The molecule has 1 saturated carbocycles. The molecule has 2 fully saturated rings. The highest BCUT2D eigenvalue weighted by molar-refractivity contribution is 7.80. The molecule has 22 heavy (non-hydrogen) atoms. The molecule has 1 saturated heterocycles. The molecular weight excluding hydrogens is 301 g/mol. The van der Waals surface area contributed by atoms with Gasteiger partial charge in [0, 0.05) is 38.6 Å². The molecule has 2 aliphatic rings. The van der Waals surface area contributed by atoms with E-state index in [4.69, 9.17) is 12.2 Å². The van der Waals surface area contributed by atoms with Gasteiger partial charge in [-0.2, -0.15) is 0 Å². The first-order valence-electron chi connectivity index (χ1n) is 7.69. The van der Waals surface area contributed by atoms with Crippen LogP contribution in [0.5, 0.6) is 0 Å². The summed E-state index contributed by atoms with van der Waals surface area (Å²) in [5.41, 5.74) is 0.992. The first kappa shape index (κ1) is 15.2. The lowest BCUT2D eigenvalue weighted by molar-refractivity contribution is -0.133. The van der Waals surface area contributed by atoms with Crippen LogP contribution >= 0.6 is 12.2 Å². The molecule has 1 amide bonds. The molecule has 0 unspecified atom stereocenters. The van der Waals surface area contributed by atoms with Crippen LogP contribution in [0.3, 0.4) is 0 Å². The lowest BCUT2D eigenvalue weighted by Gasteiger charge is -2.36.